The Labute approximate surface area is 279 Å². The van der Waals surface area contributed by atoms with E-state index in [2.05, 4.69) is 51.2 Å². The van der Waals surface area contributed by atoms with E-state index in [0.717, 1.165) is 50.5 Å². The first-order valence-electron chi connectivity index (χ1n) is 16.4. The van der Waals surface area contributed by atoms with Crippen LogP contribution >= 0.6 is 11.6 Å². The van der Waals surface area contributed by atoms with Gasteiger partial charge in [0.25, 0.3) is 0 Å². The molecular weight excluding hydrogens is 613 g/mol. The number of rotatable bonds is 11. The van der Waals surface area contributed by atoms with E-state index in [0.29, 0.717) is 58.0 Å². The van der Waals surface area contributed by atoms with E-state index in [-0.39, 0.29) is 11.1 Å². The monoisotopic (exact) mass is 653 g/mol. The van der Waals surface area contributed by atoms with Crippen molar-refractivity contribution in [2.75, 3.05) is 6.54 Å². The SMILES string of the molecule is CC(C)CCCc1cc(Cl)c(F)c(-c2cc3cn(-c4ccc([C@H]5CCC[C@H](CCN=C(N)c6ccccn6)N5)cc4)c(=O)nc3[nH]2)c1. The molecule has 3 aromatic heterocycles. The van der Waals surface area contributed by atoms with Crippen molar-refractivity contribution in [3.63, 3.8) is 0 Å². The Hall–Kier alpha value is -4.34. The maximum atomic E-state index is 15.2. The minimum Gasteiger partial charge on any atom is -0.382 e. The van der Waals surface area contributed by atoms with Gasteiger partial charge in [-0.25, -0.2) is 9.18 Å². The summed E-state index contributed by atoms with van der Waals surface area (Å²) in [6.07, 6.45) is 10.5. The number of aromatic amines is 1. The zero-order chi connectivity index (χ0) is 32.9. The summed E-state index contributed by atoms with van der Waals surface area (Å²) in [5.74, 6) is 0.577. The second kappa shape index (κ2) is 14.6. The quantitative estimate of drug-likeness (QED) is 0.101. The molecule has 2 atom stereocenters. The number of pyridine rings is 1. The van der Waals surface area contributed by atoms with Gasteiger partial charge in [0.1, 0.15) is 17.2 Å². The second-order valence-electron chi connectivity index (χ2n) is 12.8. The maximum absolute atomic E-state index is 15.2. The Morgan fingerprint density at radius 2 is 1.98 bits per heavy atom. The molecule has 0 unspecified atom stereocenters. The van der Waals surface area contributed by atoms with Gasteiger partial charge in [0.2, 0.25) is 0 Å². The van der Waals surface area contributed by atoms with Crippen LogP contribution in [0.1, 0.15) is 75.2 Å². The second-order valence-corrected chi connectivity index (χ2v) is 13.2. The van der Waals surface area contributed by atoms with Crippen LogP contribution in [0.4, 0.5) is 4.39 Å². The molecule has 5 aromatic rings. The largest absolute Gasteiger partial charge is 0.382 e. The highest BCUT2D eigenvalue weighted by atomic mass is 35.5. The van der Waals surface area contributed by atoms with Crippen LogP contribution in [0.5, 0.6) is 0 Å². The molecule has 4 N–H and O–H groups in total. The molecule has 10 heteroatoms. The van der Waals surface area contributed by atoms with Crippen molar-refractivity contribution >= 4 is 28.5 Å². The summed E-state index contributed by atoms with van der Waals surface area (Å²) in [6.45, 7) is 5.02. The lowest BCUT2D eigenvalue weighted by Gasteiger charge is -2.31. The summed E-state index contributed by atoms with van der Waals surface area (Å²) < 4.78 is 16.7. The lowest BCUT2D eigenvalue weighted by molar-refractivity contribution is 0.315. The molecule has 0 amide bonds. The van der Waals surface area contributed by atoms with E-state index < -0.39 is 11.5 Å². The van der Waals surface area contributed by atoms with E-state index in [1.807, 2.05) is 42.5 Å². The van der Waals surface area contributed by atoms with Crippen molar-refractivity contribution in [1.82, 2.24) is 24.8 Å². The highest BCUT2D eigenvalue weighted by Gasteiger charge is 2.22. The van der Waals surface area contributed by atoms with E-state index in [1.165, 1.54) is 10.1 Å². The molecule has 6 rings (SSSR count). The highest BCUT2D eigenvalue weighted by molar-refractivity contribution is 6.31. The number of H-pyrrole nitrogens is 1. The standard InChI is InChI=1S/C37H41ClFN7O/c1-23(2)7-5-8-24-19-29(34(39)30(38)20-24)33-21-26-22-46(37(47)45-36(26)44-33)28-14-12-25(13-15-28)31-11-6-9-27(43-31)16-18-42-35(40)32-10-3-4-17-41-32/h3-4,10,12-15,17,19-23,27,31,43H,5-9,11,16,18H2,1-2H3,(H2,40,42)(H,44,45,47)/t27-,31-/m1/s1. The minimum atomic E-state index is -0.489. The number of piperidine rings is 1. The number of aryl methyl sites for hydroxylation is 1. The number of amidine groups is 1. The smallest absolute Gasteiger partial charge is 0.354 e. The molecule has 0 bridgehead atoms. The van der Waals surface area contributed by atoms with Gasteiger partial charge in [0.05, 0.1) is 16.4 Å². The average Bonchev–Trinajstić information content (AvgIpc) is 3.49. The molecule has 1 saturated heterocycles. The molecule has 1 aliphatic heterocycles. The Morgan fingerprint density at radius 1 is 1.15 bits per heavy atom. The number of hydrogen-bond acceptors (Lipinski definition) is 5. The van der Waals surface area contributed by atoms with Crippen LogP contribution in [0.25, 0.3) is 28.0 Å². The fourth-order valence-electron chi connectivity index (χ4n) is 6.34. The van der Waals surface area contributed by atoms with Crippen molar-refractivity contribution < 1.29 is 4.39 Å². The van der Waals surface area contributed by atoms with Crippen LogP contribution in [0.2, 0.25) is 5.02 Å². The van der Waals surface area contributed by atoms with E-state index in [4.69, 9.17) is 17.3 Å². The first-order chi connectivity index (χ1) is 22.7. The molecule has 1 aliphatic rings. The topological polar surface area (TPSA) is 114 Å². The van der Waals surface area contributed by atoms with Gasteiger partial charge >= 0.3 is 5.69 Å². The first-order valence-corrected chi connectivity index (χ1v) is 16.8. The number of aliphatic imine (C=N–C) groups is 1. The number of hydrogen-bond donors (Lipinski definition) is 3. The summed E-state index contributed by atoms with van der Waals surface area (Å²) in [7, 11) is 0. The van der Waals surface area contributed by atoms with Crippen molar-refractivity contribution in [1.29, 1.82) is 0 Å². The summed E-state index contributed by atoms with van der Waals surface area (Å²) in [6, 6.07) is 19.6. The van der Waals surface area contributed by atoms with Crippen molar-refractivity contribution in [3.05, 3.63) is 111 Å². The van der Waals surface area contributed by atoms with Crippen LogP contribution in [0, 0.1) is 11.7 Å². The molecule has 4 heterocycles. The van der Waals surface area contributed by atoms with Gasteiger partial charge in [-0.1, -0.05) is 56.5 Å². The fraction of sp³-hybridized carbons (Fsp3) is 0.351. The number of nitrogens with two attached hydrogens (primary N) is 1. The lowest BCUT2D eigenvalue weighted by Crippen LogP contribution is -2.37. The van der Waals surface area contributed by atoms with E-state index in [1.54, 1.807) is 18.5 Å². The molecule has 2 aromatic carbocycles. The van der Waals surface area contributed by atoms with Crippen LogP contribution in [0.15, 0.2) is 82.8 Å². The molecular formula is C37H41ClFN7O. The third-order valence-electron chi connectivity index (χ3n) is 8.88. The number of nitrogens with zero attached hydrogens (tertiary/aromatic N) is 4. The predicted molar refractivity (Wildman–Crippen MR) is 188 cm³/mol. The number of fused-ring (bicyclic) bond motifs is 1. The number of halogens is 2. The fourth-order valence-corrected chi connectivity index (χ4v) is 6.58. The Morgan fingerprint density at radius 3 is 2.74 bits per heavy atom. The molecule has 0 saturated carbocycles. The average molecular weight is 654 g/mol. The third-order valence-corrected chi connectivity index (χ3v) is 9.15. The van der Waals surface area contributed by atoms with Crippen molar-refractivity contribution in [2.24, 2.45) is 16.6 Å². The molecule has 0 spiro atoms. The number of nitrogens with one attached hydrogen (secondary N) is 2. The van der Waals surface area contributed by atoms with E-state index in [9.17, 15) is 4.79 Å². The Balaban J connectivity index is 1.15. The summed E-state index contributed by atoms with van der Waals surface area (Å²) in [5.41, 5.74) is 10.6. The van der Waals surface area contributed by atoms with Gasteiger partial charge in [0.15, 0.2) is 5.82 Å². The van der Waals surface area contributed by atoms with Crippen LogP contribution in [-0.4, -0.2) is 37.9 Å². The summed E-state index contributed by atoms with van der Waals surface area (Å²) in [5, 5.41) is 4.56. The first kappa shape index (κ1) is 32.6. The van der Waals surface area contributed by atoms with Gasteiger partial charge in [-0.2, -0.15) is 4.98 Å². The Bertz CT molecular complexity index is 1920. The zero-order valence-electron chi connectivity index (χ0n) is 26.8. The Kier molecular flexibility index (Phi) is 10.1. The molecule has 0 radical (unpaired) electrons. The molecule has 47 heavy (non-hydrogen) atoms. The lowest BCUT2D eigenvalue weighted by atomic mass is 9.92. The normalized spacial score (nSPS) is 17.1. The number of benzene rings is 2. The molecule has 8 nitrogen and oxygen atoms in total. The van der Waals surface area contributed by atoms with Gasteiger partial charge in [-0.15, -0.1) is 0 Å². The van der Waals surface area contributed by atoms with Crippen LogP contribution in [0.3, 0.4) is 0 Å². The molecule has 0 aliphatic carbocycles. The van der Waals surface area contributed by atoms with E-state index >= 15 is 4.39 Å². The predicted octanol–water partition coefficient (Wildman–Crippen LogP) is 7.53. The van der Waals surface area contributed by atoms with Gasteiger partial charge in [-0.05, 0) is 91.6 Å². The van der Waals surface area contributed by atoms with Gasteiger partial charge < -0.3 is 16.0 Å². The zero-order valence-corrected chi connectivity index (χ0v) is 27.6. The maximum Gasteiger partial charge on any atom is 0.354 e. The molecule has 1 fully saturated rings. The molecule has 244 valence electrons. The van der Waals surface area contributed by atoms with Crippen molar-refractivity contribution in [2.45, 2.75) is 70.9 Å². The van der Waals surface area contributed by atoms with Crippen LogP contribution < -0.4 is 16.7 Å². The van der Waals surface area contributed by atoms with Gasteiger partial charge in [0, 0.05) is 42.0 Å². The summed E-state index contributed by atoms with van der Waals surface area (Å²) >= 11 is 6.30. The van der Waals surface area contributed by atoms with Gasteiger partial charge in [-0.3, -0.25) is 14.5 Å². The minimum absolute atomic E-state index is 0.0888. The third kappa shape index (κ3) is 7.80. The van der Waals surface area contributed by atoms with Crippen molar-refractivity contribution in [3.8, 4) is 16.9 Å². The van der Waals surface area contributed by atoms with Crippen LogP contribution in [-0.2, 0) is 6.42 Å². The summed E-state index contributed by atoms with van der Waals surface area (Å²) in [4.78, 5) is 29.3. The number of aromatic nitrogens is 4. The highest BCUT2D eigenvalue weighted by Crippen LogP contribution is 2.32.